The first-order chi connectivity index (χ1) is 15.5. The molecule has 0 saturated heterocycles. The highest BCUT2D eigenvalue weighted by atomic mass is 35.5. The van der Waals surface area contributed by atoms with E-state index in [-0.39, 0.29) is 11.8 Å². The second-order valence-electron chi connectivity index (χ2n) is 7.23. The molecule has 0 saturated carbocycles. The fourth-order valence-corrected chi connectivity index (χ4v) is 4.45. The summed E-state index contributed by atoms with van der Waals surface area (Å²) < 4.78 is 0. The maximum Gasteiger partial charge on any atom is 0.231 e. The molecule has 2 N–H and O–H groups in total. The Morgan fingerprint density at radius 1 is 1.03 bits per heavy atom. The second kappa shape index (κ2) is 10.2. The molecule has 4 aromatic rings. The molecule has 0 aliphatic rings. The van der Waals surface area contributed by atoms with Crippen molar-refractivity contribution in [1.82, 2.24) is 4.98 Å². The van der Waals surface area contributed by atoms with Crippen molar-refractivity contribution in [1.29, 1.82) is 0 Å². The number of hydrogen-bond donors (Lipinski definition) is 2. The van der Waals surface area contributed by atoms with Crippen LogP contribution in [0.3, 0.4) is 0 Å². The Labute approximate surface area is 201 Å². The third-order valence-electron chi connectivity index (χ3n) is 5.05. The summed E-state index contributed by atoms with van der Waals surface area (Å²) in [5.74, 6) is -0.189. The fourth-order valence-electron chi connectivity index (χ4n) is 3.38. The summed E-state index contributed by atoms with van der Waals surface area (Å²) in [5, 5.41) is 10.1. The molecular weight excluding hydrogens is 461 g/mol. The van der Waals surface area contributed by atoms with E-state index in [4.69, 9.17) is 23.2 Å². The molecule has 4 nitrogen and oxygen atoms in total. The smallest absolute Gasteiger partial charge is 0.231 e. The third-order valence-corrected chi connectivity index (χ3v) is 6.37. The highest BCUT2D eigenvalue weighted by molar-refractivity contribution is 7.14. The molecule has 0 spiro atoms. The topological polar surface area (TPSA) is 54.0 Å². The quantitative estimate of drug-likeness (QED) is 0.281. The molecule has 0 fully saturated rings. The van der Waals surface area contributed by atoms with Crippen LogP contribution in [0, 0.1) is 0 Å². The van der Waals surface area contributed by atoms with Crippen molar-refractivity contribution in [2.45, 2.75) is 19.3 Å². The molecule has 1 amide bonds. The van der Waals surface area contributed by atoms with Crippen LogP contribution in [0.25, 0.3) is 11.3 Å². The molecule has 4 rings (SSSR count). The molecule has 162 valence electrons. The number of rotatable bonds is 7. The summed E-state index contributed by atoms with van der Waals surface area (Å²) in [5.41, 5.74) is 4.28. The van der Waals surface area contributed by atoms with Gasteiger partial charge < -0.3 is 10.6 Å². The average molecular weight is 482 g/mol. The van der Waals surface area contributed by atoms with Crippen LogP contribution in [0.2, 0.25) is 10.0 Å². The SMILES string of the molecule is CCC(C(=O)Nc1ccc(-c2csc(Nc3cc(Cl)ccc3Cl)n2)cc1)c1ccccc1. The van der Waals surface area contributed by atoms with Gasteiger partial charge in [0.25, 0.3) is 0 Å². The first kappa shape index (κ1) is 22.3. The van der Waals surface area contributed by atoms with Gasteiger partial charge >= 0.3 is 0 Å². The van der Waals surface area contributed by atoms with E-state index in [0.717, 1.165) is 34.1 Å². The van der Waals surface area contributed by atoms with E-state index in [2.05, 4.69) is 15.6 Å². The van der Waals surface area contributed by atoms with Crippen molar-refractivity contribution in [3.63, 3.8) is 0 Å². The lowest BCUT2D eigenvalue weighted by molar-refractivity contribution is -0.117. The Hall–Kier alpha value is -2.86. The fraction of sp³-hybridized carbons (Fsp3) is 0.120. The lowest BCUT2D eigenvalue weighted by Gasteiger charge is -2.15. The van der Waals surface area contributed by atoms with E-state index in [0.29, 0.717) is 15.7 Å². The summed E-state index contributed by atoms with van der Waals surface area (Å²) in [7, 11) is 0. The van der Waals surface area contributed by atoms with E-state index >= 15 is 0 Å². The second-order valence-corrected chi connectivity index (χ2v) is 8.93. The van der Waals surface area contributed by atoms with Gasteiger partial charge in [-0.2, -0.15) is 0 Å². The number of carbonyl (C=O) groups excluding carboxylic acids is 1. The number of amides is 1. The Balaban J connectivity index is 1.44. The summed E-state index contributed by atoms with van der Waals surface area (Å²) >= 11 is 13.8. The minimum atomic E-state index is -0.179. The van der Waals surface area contributed by atoms with Crippen molar-refractivity contribution in [2.24, 2.45) is 0 Å². The number of carbonyl (C=O) groups is 1. The van der Waals surface area contributed by atoms with Gasteiger partial charge in [0.2, 0.25) is 5.91 Å². The zero-order valence-corrected chi connectivity index (χ0v) is 19.6. The number of benzene rings is 3. The summed E-state index contributed by atoms with van der Waals surface area (Å²) in [6.45, 7) is 2.02. The largest absolute Gasteiger partial charge is 0.330 e. The van der Waals surface area contributed by atoms with Gasteiger partial charge in [0.1, 0.15) is 0 Å². The van der Waals surface area contributed by atoms with Gasteiger partial charge in [0, 0.05) is 21.7 Å². The van der Waals surface area contributed by atoms with Gasteiger partial charge in [-0.25, -0.2) is 4.98 Å². The van der Waals surface area contributed by atoms with Crippen molar-refractivity contribution in [2.75, 3.05) is 10.6 Å². The van der Waals surface area contributed by atoms with Crippen LogP contribution in [0.1, 0.15) is 24.8 Å². The summed E-state index contributed by atoms with van der Waals surface area (Å²) in [6.07, 6.45) is 0.735. The standard InChI is InChI=1S/C25H21Cl2N3OS/c1-2-20(16-6-4-3-5-7-16)24(31)28-19-11-8-17(9-12-19)23-15-32-25(30-23)29-22-14-18(26)10-13-21(22)27/h3-15,20H,2H2,1H3,(H,28,31)(H,29,30). The Bertz CT molecular complexity index is 1210. The molecule has 0 aliphatic heterocycles. The number of aromatic nitrogens is 1. The lowest BCUT2D eigenvalue weighted by atomic mass is 9.95. The molecule has 1 atom stereocenters. The van der Waals surface area contributed by atoms with Crippen molar-refractivity contribution in [3.05, 3.63) is 93.8 Å². The lowest BCUT2D eigenvalue weighted by Crippen LogP contribution is -2.20. The Morgan fingerprint density at radius 3 is 2.50 bits per heavy atom. The molecule has 0 aliphatic carbocycles. The van der Waals surface area contributed by atoms with Crippen LogP contribution >= 0.6 is 34.5 Å². The number of anilines is 3. The Kier molecular flexibility index (Phi) is 7.10. The number of halogens is 2. The molecule has 32 heavy (non-hydrogen) atoms. The van der Waals surface area contributed by atoms with E-state index in [1.54, 1.807) is 18.2 Å². The molecule has 1 aromatic heterocycles. The molecule has 0 radical (unpaired) electrons. The highest BCUT2D eigenvalue weighted by Gasteiger charge is 2.18. The molecule has 3 aromatic carbocycles. The van der Waals surface area contributed by atoms with Crippen LogP contribution in [0.4, 0.5) is 16.5 Å². The summed E-state index contributed by atoms with van der Waals surface area (Å²) in [6, 6.07) is 22.8. The zero-order chi connectivity index (χ0) is 22.5. The first-order valence-corrected chi connectivity index (χ1v) is 11.8. The molecule has 7 heteroatoms. The number of thiazole rings is 1. The van der Waals surface area contributed by atoms with Crippen LogP contribution in [-0.2, 0) is 4.79 Å². The van der Waals surface area contributed by atoms with Crippen molar-refractivity contribution >= 4 is 57.0 Å². The minimum absolute atomic E-state index is 0.00926. The van der Waals surface area contributed by atoms with Crippen LogP contribution in [0.5, 0.6) is 0 Å². The predicted octanol–water partition coefficient (Wildman–Crippen LogP) is 7.99. The number of nitrogens with one attached hydrogen (secondary N) is 2. The minimum Gasteiger partial charge on any atom is -0.330 e. The monoisotopic (exact) mass is 481 g/mol. The molecule has 0 bridgehead atoms. The van der Waals surface area contributed by atoms with Crippen molar-refractivity contribution < 1.29 is 4.79 Å². The van der Waals surface area contributed by atoms with Crippen LogP contribution in [0.15, 0.2) is 78.2 Å². The Morgan fingerprint density at radius 2 is 1.78 bits per heavy atom. The molecule has 1 heterocycles. The number of hydrogen-bond acceptors (Lipinski definition) is 4. The summed E-state index contributed by atoms with van der Waals surface area (Å²) in [4.78, 5) is 17.4. The van der Waals surface area contributed by atoms with Gasteiger partial charge in [-0.3, -0.25) is 4.79 Å². The van der Waals surface area contributed by atoms with Gasteiger partial charge in [-0.05, 0) is 42.3 Å². The van der Waals surface area contributed by atoms with E-state index in [1.165, 1.54) is 11.3 Å². The van der Waals surface area contributed by atoms with E-state index in [1.807, 2.05) is 66.9 Å². The maximum atomic E-state index is 12.8. The normalized spacial score (nSPS) is 11.7. The molecule has 1 unspecified atom stereocenters. The average Bonchev–Trinajstić information content (AvgIpc) is 3.26. The van der Waals surface area contributed by atoms with E-state index < -0.39 is 0 Å². The maximum absolute atomic E-state index is 12.8. The van der Waals surface area contributed by atoms with E-state index in [9.17, 15) is 4.79 Å². The molecular formula is C25H21Cl2N3OS. The van der Waals surface area contributed by atoms with Gasteiger partial charge in [0.15, 0.2) is 5.13 Å². The zero-order valence-electron chi connectivity index (χ0n) is 17.3. The van der Waals surface area contributed by atoms with Gasteiger partial charge in [-0.1, -0.05) is 72.6 Å². The van der Waals surface area contributed by atoms with Crippen LogP contribution < -0.4 is 10.6 Å². The van der Waals surface area contributed by atoms with Gasteiger partial charge in [0.05, 0.1) is 22.3 Å². The first-order valence-electron chi connectivity index (χ1n) is 10.2. The number of nitrogens with zero attached hydrogens (tertiary/aromatic N) is 1. The van der Waals surface area contributed by atoms with Crippen LogP contribution in [-0.4, -0.2) is 10.9 Å². The highest BCUT2D eigenvalue weighted by Crippen LogP contribution is 2.32. The van der Waals surface area contributed by atoms with Crippen molar-refractivity contribution in [3.8, 4) is 11.3 Å². The predicted molar refractivity (Wildman–Crippen MR) is 135 cm³/mol. The third kappa shape index (κ3) is 5.30. The van der Waals surface area contributed by atoms with Gasteiger partial charge in [-0.15, -0.1) is 11.3 Å².